The fraction of sp³-hybridized carbons (Fsp3) is 0.562. The summed E-state index contributed by atoms with van der Waals surface area (Å²) in [6, 6.07) is 2.84. The van der Waals surface area contributed by atoms with Crippen molar-refractivity contribution in [2.45, 2.75) is 86.0 Å². The standard InChI is InChI=1S/C18H19Cl2FN2O.C5H10.C5H12.C4H9NO/c1-2-3-4-13(19)6-5-12-9-22-10-15(12)14-7-17(21)16(20)8-18(14)23-11-24;1-2-4-5-3-1;1-5(2,3)4;1-2-3-5-4-6/h2-8,11-12,15,22H,9-10H2,1H3,(H,23,24);1-5H2;1-4H3;4H,2-3H2,1H3,(H,5,6)/b3-2-,6-5+,13-4+;;;/t12-,15+;;;/m0.../s1. The lowest BCUT2D eigenvalue weighted by Gasteiger charge is -2.19. The third-order valence-corrected chi connectivity index (χ3v) is 6.19. The quantitative estimate of drug-likeness (QED) is 0.151. The molecule has 1 aliphatic carbocycles. The number of amides is 2. The van der Waals surface area contributed by atoms with Crippen molar-refractivity contribution in [1.82, 2.24) is 10.6 Å². The number of rotatable bonds is 9. The predicted molar refractivity (Wildman–Crippen MR) is 171 cm³/mol. The Labute approximate surface area is 252 Å². The molecule has 226 valence electrons. The van der Waals surface area contributed by atoms with E-state index in [0.29, 0.717) is 35.5 Å². The fourth-order valence-corrected chi connectivity index (χ4v) is 4.15. The number of halogens is 3. The molecule has 0 bridgehead atoms. The SMILES string of the molecule is C1CCCC1.CC(C)(C)C.CCCNC=O.C\C=C/C=C(Cl)\C=C\[C@H]1CNC[C@H]1c1cc(F)c(Cl)cc1NC=O. The van der Waals surface area contributed by atoms with Gasteiger partial charge in [-0.25, -0.2) is 4.39 Å². The zero-order chi connectivity index (χ0) is 30.4. The molecule has 0 radical (unpaired) electrons. The molecule has 0 unspecified atom stereocenters. The summed E-state index contributed by atoms with van der Waals surface area (Å²) in [5.74, 6) is -0.351. The Morgan fingerprint density at radius 3 is 2.15 bits per heavy atom. The fourth-order valence-electron chi connectivity index (χ4n) is 3.85. The van der Waals surface area contributed by atoms with Gasteiger partial charge in [-0.2, -0.15) is 0 Å². The number of anilines is 1. The average molecular weight is 599 g/mol. The Bertz CT molecular complexity index is 925. The van der Waals surface area contributed by atoms with E-state index < -0.39 is 5.82 Å². The minimum absolute atomic E-state index is 0.0153. The smallest absolute Gasteiger partial charge is 0.211 e. The first-order chi connectivity index (χ1) is 19.0. The van der Waals surface area contributed by atoms with Crippen molar-refractivity contribution in [2.75, 3.05) is 25.0 Å². The van der Waals surface area contributed by atoms with Crippen LogP contribution in [0.15, 0.2) is 47.5 Å². The lowest BCUT2D eigenvalue weighted by atomic mass is 9.87. The van der Waals surface area contributed by atoms with Gasteiger partial charge < -0.3 is 16.0 Å². The second-order valence-corrected chi connectivity index (χ2v) is 12.2. The van der Waals surface area contributed by atoms with Crippen molar-refractivity contribution < 1.29 is 14.0 Å². The monoisotopic (exact) mass is 597 g/mol. The van der Waals surface area contributed by atoms with E-state index in [1.807, 2.05) is 38.2 Å². The van der Waals surface area contributed by atoms with Crippen LogP contribution in [-0.2, 0) is 9.59 Å². The molecule has 2 aliphatic rings. The van der Waals surface area contributed by atoms with Gasteiger partial charge in [0.2, 0.25) is 12.8 Å². The summed E-state index contributed by atoms with van der Waals surface area (Å²) in [5, 5.41) is 9.02. The number of hydrogen-bond acceptors (Lipinski definition) is 3. The zero-order valence-electron chi connectivity index (χ0n) is 25.2. The molecule has 1 aromatic rings. The highest BCUT2D eigenvalue weighted by Crippen LogP contribution is 2.36. The summed E-state index contributed by atoms with van der Waals surface area (Å²) in [4.78, 5) is 20.3. The Kier molecular flexibility index (Phi) is 21.3. The molecule has 1 saturated carbocycles. The summed E-state index contributed by atoms with van der Waals surface area (Å²) >= 11 is 11.9. The van der Waals surface area contributed by atoms with Gasteiger partial charge in [-0.3, -0.25) is 9.59 Å². The third kappa shape index (κ3) is 19.0. The second kappa shape index (κ2) is 22.5. The molecule has 40 heavy (non-hydrogen) atoms. The Hall–Kier alpha value is -2.15. The lowest BCUT2D eigenvalue weighted by molar-refractivity contribution is -0.109. The largest absolute Gasteiger partial charge is 0.359 e. The first-order valence-corrected chi connectivity index (χ1v) is 15.0. The molecule has 8 heteroatoms. The summed E-state index contributed by atoms with van der Waals surface area (Å²) < 4.78 is 13.9. The molecule has 2 fully saturated rings. The predicted octanol–water partition coefficient (Wildman–Crippen LogP) is 8.75. The molecule has 2 amide bonds. The van der Waals surface area contributed by atoms with Gasteiger partial charge in [-0.15, -0.1) is 0 Å². The molecular weight excluding hydrogens is 548 g/mol. The summed E-state index contributed by atoms with van der Waals surface area (Å²) in [6.45, 7) is 14.9. The van der Waals surface area contributed by atoms with Crippen molar-refractivity contribution in [1.29, 1.82) is 0 Å². The summed E-state index contributed by atoms with van der Waals surface area (Å²) in [7, 11) is 0. The number of benzene rings is 1. The van der Waals surface area contributed by atoms with Crippen molar-refractivity contribution >= 4 is 41.7 Å². The zero-order valence-corrected chi connectivity index (χ0v) is 26.7. The molecule has 5 nitrogen and oxygen atoms in total. The van der Waals surface area contributed by atoms with Gasteiger partial charge in [0.25, 0.3) is 0 Å². The van der Waals surface area contributed by atoms with E-state index in [4.69, 9.17) is 23.2 Å². The molecule has 3 N–H and O–H groups in total. The highest BCUT2D eigenvalue weighted by molar-refractivity contribution is 6.31. The summed E-state index contributed by atoms with van der Waals surface area (Å²) in [6.07, 6.45) is 19.2. The van der Waals surface area contributed by atoms with E-state index in [-0.39, 0.29) is 16.9 Å². The molecule has 1 heterocycles. The topological polar surface area (TPSA) is 70.2 Å². The molecule has 2 atom stereocenters. The van der Waals surface area contributed by atoms with Gasteiger partial charge in [0.15, 0.2) is 0 Å². The number of nitrogens with one attached hydrogen (secondary N) is 3. The minimum atomic E-state index is -0.497. The highest BCUT2D eigenvalue weighted by atomic mass is 35.5. The van der Waals surface area contributed by atoms with Crippen molar-refractivity contribution in [3.05, 3.63) is 63.9 Å². The first kappa shape index (κ1) is 37.9. The first-order valence-electron chi connectivity index (χ1n) is 14.2. The number of hydrogen-bond donors (Lipinski definition) is 3. The van der Waals surface area contributed by atoms with Gasteiger partial charge in [-0.05, 0) is 54.5 Å². The van der Waals surface area contributed by atoms with Crippen LogP contribution in [0.4, 0.5) is 10.1 Å². The number of carbonyl (C=O) groups excluding carboxylic acids is 2. The maximum Gasteiger partial charge on any atom is 0.211 e. The van der Waals surface area contributed by atoms with Crippen LogP contribution in [0.1, 0.15) is 91.5 Å². The van der Waals surface area contributed by atoms with Crippen LogP contribution >= 0.6 is 23.2 Å². The Balaban J connectivity index is 0.000000767. The van der Waals surface area contributed by atoms with Crippen LogP contribution < -0.4 is 16.0 Å². The molecule has 1 aliphatic heterocycles. The van der Waals surface area contributed by atoms with Crippen molar-refractivity contribution in [3.8, 4) is 0 Å². The second-order valence-electron chi connectivity index (χ2n) is 11.3. The maximum absolute atomic E-state index is 13.9. The van der Waals surface area contributed by atoms with Crippen LogP contribution in [-0.4, -0.2) is 32.5 Å². The van der Waals surface area contributed by atoms with Gasteiger partial charge >= 0.3 is 0 Å². The van der Waals surface area contributed by atoms with Crippen molar-refractivity contribution in [2.24, 2.45) is 11.3 Å². The molecule has 0 aromatic heterocycles. The lowest BCUT2D eigenvalue weighted by Crippen LogP contribution is -2.12. The van der Waals surface area contributed by atoms with Crippen LogP contribution in [0.25, 0.3) is 0 Å². The highest BCUT2D eigenvalue weighted by Gasteiger charge is 2.29. The van der Waals surface area contributed by atoms with Crippen LogP contribution in [0.5, 0.6) is 0 Å². The maximum atomic E-state index is 13.9. The molecule has 0 spiro atoms. The van der Waals surface area contributed by atoms with E-state index in [9.17, 15) is 14.0 Å². The molecular formula is C32H50Cl2FN3O2. The number of allylic oxidation sites excluding steroid dienone is 5. The van der Waals surface area contributed by atoms with E-state index in [1.165, 1.54) is 44.2 Å². The Morgan fingerprint density at radius 1 is 1.07 bits per heavy atom. The van der Waals surface area contributed by atoms with Gasteiger partial charge in [0.05, 0.1) is 5.02 Å². The van der Waals surface area contributed by atoms with Crippen LogP contribution in [0.2, 0.25) is 5.02 Å². The van der Waals surface area contributed by atoms with Crippen molar-refractivity contribution in [3.63, 3.8) is 0 Å². The van der Waals surface area contributed by atoms with Crippen LogP contribution in [0, 0.1) is 17.2 Å². The van der Waals surface area contributed by atoms with E-state index in [1.54, 1.807) is 6.08 Å². The number of carbonyl (C=O) groups is 2. The summed E-state index contributed by atoms with van der Waals surface area (Å²) in [5.41, 5.74) is 1.75. The van der Waals surface area contributed by atoms with Crippen LogP contribution in [0.3, 0.4) is 0 Å². The third-order valence-electron chi connectivity index (χ3n) is 5.65. The van der Waals surface area contributed by atoms with Gasteiger partial charge in [-0.1, -0.05) is 108 Å². The van der Waals surface area contributed by atoms with E-state index >= 15 is 0 Å². The molecule has 1 aromatic carbocycles. The normalized spacial score (nSPS) is 18.7. The molecule has 3 rings (SSSR count). The Morgan fingerprint density at radius 2 is 1.68 bits per heavy atom. The average Bonchev–Trinajstić information content (AvgIpc) is 3.62. The van der Waals surface area contributed by atoms with E-state index in [0.717, 1.165) is 25.1 Å². The van der Waals surface area contributed by atoms with Gasteiger partial charge in [0.1, 0.15) is 5.82 Å². The molecule has 1 saturated heterocycles. The minimum Gasteiger partial charge on any atom is -0.359 e. The van der Waals surface area contributed by atoms with E-state index in [2.05, 4.69) is 43.6 Å². The van der Waals surface area contributed by atoms with Gasteiger partial charge in [0, 0.05) is 36.3 Å².